The molecule has 2 aliphatic rings. The smallest absolute Gasteiger partial charge is 0.339 e. The van der Waals surface area contributed by atoms with E-state index >= 15 is 0 Å². The maximum Gasteiger partial charge on any atom is 0.339 e. The number of pyridine rings is 1. The molecule has 0 radical (unpaired) electrons. The molecule has 0 N–H and O–H groups in total. The van der Waals surface area contributed by atoms with Gasteiger partial charge in [-0.15, -0.1) is 0 Å². The van der Waals surface area contributed by atoms with Crippen molar-refractivity contribution in [2.75, 3.05) is 59.1 Å². The molecule has 0 spiro atoms. The lowest BCUT2D eigenvalue weighted by Crippen LogP contribution is -2.55. The number of carbonyl (C=O) groups excluding carboxylic acids is 2. The van der Waals surface area contributed by atoms with Gasteiger partial charge < -0.3 is 14.4 Å². The Bertz CT molecular complexity index is 861. The van der Waals surface area contributed by atoms with E-state index in [4.69, 9.17) is 9.47 Å². The van der Waals surface area contributed by atoms with Crippen LogP contribution < -0.4 is 0 Å². The monoisotopic (exact) mass is 426 g/mol. The first-order chi connectivity index (χ1) is 13.8. The quantitative estimate of drug-likeness (QED) is 0.605. The van der Waals surface area contributed by atoms with Crippen molar-refractivity contribution in [3.63, 3.8) is 0 Å². The first kappa shape index (κ1) is 21.6. The summed E-state index contributed by atoms with van der Waals surface area (Å²) in [5.74, 6) is -0.759. The van der Waals surface area contributed by atoms with Crippen LogP contribution in [0.3, 0.4) is 0 Å². The molecule has 1 aromatic rings. The summed E-state index contributed by atoms with van der Waals surface area (Å²) < 4.78 is 38.5. The Morgan fingerprint density at radius 1 is 1.07 bits per heavy atom. The van der Waals surface area contributed by atoms with Crippen LogP contribution in [0.2, 0.25) is 0 Å². The number of ether oxygens (including phenoxy) is 2. The third kappa shape index (κ3) is 4.74. The van der Waals surface area contributed by atoms with Crippen LogP contribution in [0.25, 0.3) is 0 Å². The summed E-state index contributed by atoms with van der Waals surface area (Å²) in [6, 6.07) is 3.03. The van der Waals surface area contributed by atoms with Crippen molar-refractivity contribution in [3.05, 3.63) is 29.1 Å². The predicted molar refractivity (Wildman–Crippen MR) is 104 cm³/mol. The third-order valence-corrected chi connectivity index (χ3v) is 6.98. The van der Waals surface area contributed by atoms with E-state index in [0.29, 0.717) is 37.6 Å². The Morgan fingerprint density at radius 2 is 1.69 bits per heavy atom. The van der Waals surface area contributed by atoms with Crippen LogP contribution in [-0.4, -0.2) is 97.9 Å². The van der Waals surface area contributed by atoms with Crippen LogP contribution in [0.1, 0.15) is 33.5 Å². The summed E-state index contributed by atoms with van der Waals surface area (Å²) >= 11 is 0. The van der Waals surface area contributed by atoms with Crippen molar-refractivity contribution >= 4 is 22.1 Å². The number of carbonyl (C=O) groups is 2. The molecular formula is C18H26N4O6S. The molecule has 1 amide bonds. The number of esters is 1. The van der Waals surface area contributed by atoms with E-state index < -0.39 is 16.2 Å². The largest absolute Gasteiger partial charge is 0.462 e. The molecule has 2 aliphatic heterocycles. The summed E-state index contributed by atoms with van der Waals surface area (Å²) in [7, 11) is -3.54. The number of amides is 1. The number of hydrogen-bond acceptors (Lipinski definition) is 7. The van der Waals surface area contributed by atoms with Gasteiger partial charge in [-0.25, -0.2) is 9.78 Å². The highest BCUT2D eigenvalue weighted by Gasteiger charge is 2.34. The second-order valence-electron chi connectivity index (χ2n) is 6.76. The van der Waals surface area contributed by atoms with Gasteiger partial charge in [-0.2, -0.15) is 17.0 Å². The van der Waals surface area contributed by atoms with Crippen LogP contribution in [0.5, 0.6) is 0 Å². The fourth-order valence-corrected chi connectivity index (χ4v) is 4.89. The summed E-state index contributed by atoms with van der Waals surface area (Å²) in [5, 5.41) is 0. The fraction of sp³-hybridized carbons (Fsp3) is 0.611. The summed E-state index contributed by atoms with van der Waals surface area (Å²) in [5.41, 5.74) is 0.965. The molecule has 3 rings (SSSR count). The van der Waals surface area contributed by atoms with E-state index in [1.165, 1.54) is 20.7 Å². The zero-order valence-electron chi connectivity index (χ0n) is 16.7. The molecule has 10 nitrogen and oxygen atoms in total. The van der Waals surface area contributed by atoms with Crippen LogP contribution in [0.4, 0.5) is 0 Å². The van der Waals surface area contributed by atoms with Crippen molar-refractivity contribution in [3.8, 4) is 0 Å². The van der Waals surface area contributed by atoms with Crippen molar-refractivity contribution < 1.29 is 27.5 Å². The van der Waals surface area contributed by atoms with Crippen LogP contribution in [-0.2, 0) is 19.7 Å². The SMILES string of the molecule is CCOC(=O)c1ccc(C(=O)N2CCN(S(=O)(=O)N3CCOCC3)CC2)nc1C. The van der Waals surface area contributed by atoms with E-state index in [9.17, 15) is 18.0 Å². The van der Waals surface area contributed by atoms with Crippen LogP contribution >= 0.6 is 0 Å². The van der Waals surface area contributed by atoms with Gasteiger partial charge in [-0.1, -0.05) is 0 Å². The number of morpholine rings is 1. The molecule has 11 heteroatoms. The highest BCUT2D eigenvalue weighted by molar-refractivity contribution is 7.86. The average molecular weight is 426 g/mol. The molecule has 0 atom stereocenters. The minimum Gasteiger partial charge on any atom is -0.462 e. The van der Waals surface area contributed by atoms with Gasteiger partial charge in [0.25, 0.3) is 16.1 Å². The summed E-state index contributed by atoms with van der Waals surface area (Å²) in [4.78, 5) is 30.5. The first-order valence-corrected chi connectivity index (χ1v) is 11.0. The Hall–Kier alpha value is -2.08. The molecular weight excluding hydrogens is 400 g/mol. The fourth-order valence-electron chi connectivity index (χ4n) is 3.33. The zero-order chi connectivity index (χ0) is 21.0. The Kier molecular flexibility index (Phi) is 6.83. The van der Waals surface area contributed by atoms with Gasteiger partial charge in [0.1, 0.15) is 5.69 Å². The highest BCUT2D eigenvalue weighted by Crippen LogP contribution is 2.16. The van der Waals surface area contributed by atoms with Gasteiger partial charge in [0.15, 0.2) is 0 Å². The van der Waals surface area contributed by atoms with Crippen LogP contribution in [0, 0.1) is 6.92 Å². The van der Waals surface area contributed by atoms with Gasteiger partial charge in [0.2, 0.25) is 0 Å². The van der Waals surface area contributed by atoms with E-state index in [-0.39, 0.29) is 44.4 Å². The van der Waals surface area contributed by atoms with Gasteiger partial charge in [-0.05, 0) is 26.0 Å². The molecule has 2 fully saturated rings. The maximum absolute atomic E-state index is 12.8. The molecule has 3 heterocycles. The first-order valence-electron chi connectivity index (χ1n) is 9.61. The van der Waals surface area contributed by atoms with Gasteiger partial charge in [0, 0.05) is 39.3 Å². The number of rotatable bonds is 5. The minimum absolute atomic E-state index is 0.222. The second-order valence-corrected chi connectivity index (χ2v) is 8.69. The maximum atomic E-state index is 12.8. The topological polar surface area (TPSA) is 109 Å². The molecule has 0 saturated carbocycles. The third-order valence-electron chi connectivity index (χ3n) is 4.95. The number of piperazine rings is 1. The predicted octanol–water partition coefficient (Wildman–Crippen LogP) is -0.0985. The normalized spacial score (nSPS) is 19.2. The zero-order valence-corrected chi connectivity index (χ0v) is 17.5. The van der Waals surface area contributed by atoms with Crippen molar-refractivity contribution in [1.29, 1.82) is 0 Å². The standard InChI is InChI=1S/C18H26N4O6S/c1-3-28-18(24)15-4-5-16(19-14(15)2)17(23)20-6-8-21(9-7-20)29(25,26)22-10-12-27-13-11-22/h4-5H,3,6-13H2,1-2H3. The van der Waals surface area contributed by atoms with Crippen molar-refractivity contribution in [1.82, 2.24) is 18.5 Å². The van der Waals surface area contributed by atoms with E-state index in [1.807, 2.05) is 0 Å². The molecule has 0 aromatic carbocycles. The van der Waals surface area contributed by atoms with E-state index in [2.05, 4.69) is 4.98 Å². The molecule has 0 aliphatic carbocycles. The number of aromatic nitrogens is 1. The van der Waals surface area contributed by atoms with E-state index in [1.54, 1.807) is 18.7 Å². The number of hydrogen-bond donors (Lipinski definition) is 0. The van der Waals surface area contributed by atoms with Crippen molar-refractivity contribution in [2.24, 2.45) is 0 Å². The average Bonchev–Trinajstić information content (AvgIpc) is 2.74. The van der Waals surface area contributed by atoms with Crippen molar-refractivity contribution in [2.45, 2.75) is 13.8 Å². The van der Waals surface area contributed by atoms with Gasteiger partial charge in [0.05, 0.1) is 31.1 Å². The summed E-state index contributed by atoms with van der Waals surface area (Å²) in [6.45, 7) is 6.12. The molecule has 160 valence electrons. The minimum atomic E-state index is -3.54. The Labute approximate surface area is 170 Å². The lowest BCUT2D eigenvalue weighted by atomic mass is 10.1. The van der Waals surface area contributed by atoms with Gasteiger partial charge >= 0.3 is 5.97 Å². The Morgan fingerprint density at radius 3 is 2.28 bits per heavy atom. The number of aryl methyl sites for hydroxylation is 1. The van der Waals surface area contributed by atoms with E-state index in [0.717, 1.165) is 0 Å². The highest BCUT2D eigenvalue weighted by atomic mass is 32.2. The Balaban J connectivity index is 1.63. The van der Waals surface area contributed by atoms with Crippen LogP contribution in [0.15, 0.2) is 12.1 Å². The molecule has 0 bridgehead atoms. The molecule has 29 heavy (non-hydrogen) atoms. The molecule has 0 unspecified atom stereocenters. The summed E-state index contributed by atoms with van der Waals surface area (Å²) in [6.07, 6.45) is 0. The lowest BCUT2D eigenvalue weighted by Gasteiger charge is -2.37. The number of nitrogens with zero attached hydrogens (tertiary/aromatic N) is 4. The second kappa shape index (κ2) is 9.16. The molecule has 1 aromatic heterocycles. The molecule has 2 saturated heterocycles. The lowest BCUT2D eigenvalue weighted by molar-refractivity contribution is 0.0523. The van der Waals surface area contributed by atoms with Gasteiger partial charge in [-0.3, -0.25) is 4.79 Å².